The minimum absolute atomic E-state index is 0.0156. The zero-order chi connectivity index (χ0) is 25.5. The second kappa shape index (κ2) is 9.76. The number of phenols is 1. The molecule has 1 fully saturated rings. The number of aliphatic hydroxyl groups excluding tert-OH is 1. The topological polar surface area (TPSA) is 87.1 Å². The van der Waals surface area contributed by atoms with E-state index in [1.54, 1.807) is 6.92 Å². The van der Waals surface area contributed by atoms with Crippen molar-refractivity contribution in [1.82, 2.24) is 4.90 Å². The number of rotatable bonds is 4. The molecule has 34 heavy (non-hydrogen) atoms. The highest BCUT2D eigenvalue weighted by molar-refractivity contribution is 5.83. The molecule has 2 aliphatic rings. The van der Waals surface area contributed by atoms with Crippen LogP contribution in [0.4, 0.5) is 13.2 Å². The molecule has 6 nitrogen and oxygen atoms in total. The van der Waals surface area contributed by atoms with Gasteiger partial charge in [-0.05, 0) is 73.1 Å². The van der Waals surface area contributed by atoms with Gasteiger partial charge in [-0.1, -0.05) is 27.2 Å². The van der Waals surface area contributed by atoms with E-state index in [1.165, 1.54) is 6.92 Å². The molecule has 4 atom stereocenters. The predicted molar refractivity (Wildman–Crippen MR) is 119 cm³/mol. The Balaban J connectivity index is 1.87. The molecule has 0 radical (unpaired) electrons. The maximum absolute atomic E-state index is 13.0. The summed E-state index contributed by atoms with van der Waals surface area (Å²) in [5.41, 5.74) is 1.73. The van der Waals surface area contributed by atoms with Crippen molar-refractivity contribution in [3.63, 3.8) is 0 Å². The van der Waals surface area contributed by atoms with Crippen LogP contribution in [0.1, 0.15) is 74.0 Å². The van der Waals surface area contributed by atoms with E-state index in [1.807, 2.05) is 0 Å². The molecule has 1 heterocycles. The number of aromatic hydroxyl groups is 1. The fourth-order valence-corrected chi connectivity index (χ4v) is 5.48. The van der Waals surface area contributed by atoms with Crippen LogP contribution in [0, 0.1) is 31.6 Å². The third-order valence-corrected chi connectivity index (χ3v) is 7.52. The van der Waals surface area contributed by atoms with E-state index in [0.29, 0.717) is 39.8 Å². The van der Waals surface area contributed by atoms with Crippen molar-refractivity contribution < 1.29 is 37.7 Å². The van der Waals surface area contributed by atoms with E-state index in [9.17, 15) is 33.0 Å². The van der Waals surface area contributed by atoms with Crippen LogP contribution in [0.5, 0.6) is 5.75 Å². The monoisotopic (exact) mass is 485 g/mol. The predicted octanol–water partition coefficient (Wildman–Crippen LogP) is 4.49. The second-order valence-corrected chi connectivity index (χ2v) is 10.1. The fraction of sp³-hybridized carbons (Fsp3) is 0.680. The minimum atomic E-state index is -4.98. The average Bonchev–Trinajstić information content (AvgIpc) is 2.75. The van der Waals surface area contributed by atoms with E-state index >= 15 is 0 Å². The Hall–Kier alpha value is -2.29. The maximum atomic E-state index is 13.0. The number of carbonyl (C=O) groups is 2. The van der Waals surface area contributed by atoms with E-state index in [-0.39, 0.29) is 48.4 Å². The van der Waals surface area contributed by atoms with Crippen molar-refractivity contribution in [2.45, 2.75) is 85.2 Å². The van der Waals surface area contributed by atoms with Crippen LogP contribution in [-0.2, 0) is 27.3 Å². The first-order chi connectivity index (χ1) is 15.7. The van der Waals surface area contributed by atoms with Crippen molar-refractivity contribution in [1.29, 1.82) is 0 Å². The number of aliphatic hydroxyl groups is 1. The smallest absolute Gasteiger partial charge is 0.471 e. The Bertz CT molecular complexity index is 959. The van der Waals surface area contributed by atoms with Crippen molar-refractivity contribution in [2.75, 3.05) is 6.54 Å². The van der Waals surface area contributed by atoms with Crippen molar-refractivity contribution in [2.24, 2.45) is 17.8 Å². The van der Waals surface area contributed by atoms with Gasteiger partial charge in [0.2, 0.25) is 0 Å². The summed E-state index contributed by atoms with van der Waals surface area (Å²) in [6.07, 6.45) is -4.21. The van der Waals surface area contributed by atoms with Gasteiger partial charge in [-0.2, -0.15) is 13.2 Å². The Morgan fingerprint density at radius 3 is 2.35 bits per heavy atom. The molecule has 0 saturated heterocycles. The molecule has 0 bridgehead atoms. The summed E-state index contributed by atoms with van der Waals surface area (Å²) in [5.74, 6) is -2.24. The largest absolute Gasteiger partial charge is 0.507 e. The number of hydrogen-bond acceptors (Lipinski definition) is 5. The molecule has 1 saturated carbocycles. The van der Waals surface area contributed by atoms with Gasteiger partial charge in [0.1, 0.15) is 11.9 Å². The molecule has 1 aromatic rings. The summed E-state index contributed by atoms with van der Waals surface area (Å²) in [6, 6.07) is 0. The molecule has 1 aliphatic carbocycles. The van der Waals surface area contributed by atoms with Gasteiger partial charge in [0, 0.05) is 18.7 Å². The Kier molecular flexibility index (Phi) is 7.55. The maximum Gasteiger partial charge on any atom is 0.471 e. The summed E-state index contributed by atoms with van der Waals surface area (Å²) in [5, 5.41) is 21.7. The number of benzene rings is 1. The van der Waals surface area contributed by atoms with Crippen LogP contribution in [0.3, 0.4) is 0 Å². The van der Waals surface area contributed by atoms with E-state index in [4.69, 9.17) is 4.74 Å². The first-order valence-corrected chi connectivity index (χ1v) is 11.8. The third kappa shape index (κ3) is 5.04. The molecular formula is C25H34F3NO5. The quantitative estimate of drug-likeness (QED) is 0.614. The van der Waals surface area contributed by atoms with Crippen LogP contribution in [-0.4, -0.2) is 45.8 Å². The summed E-state index contributed by atoms with van der Waals surface area (Å²) in [6.45, 7) is 8.93. The van der Waals surface area contributed by atoms with Crippen molar-refractivity contribution in [3.8, 4) is 5.75 Å². The number of halogens is 3. The molecule has 0 unspecified atom stereocenters. The molecular weight excluding hydrogens is 451 g/mol. The molecule has 2 N–H and O–H groups in total. The zero-order valence-corrected chi connectivity index (χ0v) is 20.3. The van der Waals surface area contributed by atoms with Crippen LogP contribution in [0.25, 0.3) is 0 Å². The van der Waals surface area contributed by atoms with Gasteiger partial charge in [-0.15, -0.1) is 0 Å². The minimum Gasteiger partial charge on any atom is -0.507 e. The molecule has 0 spiro atoms. The van der Waals surface area contributed by atoms with Gasteiger partial charge in [-0.3, -0.25) is 4.79 Å². The normalized spacial score (nSPS) is 24.1. The molecule has 0 aromatic heterocycles. The van der Waals surface area contributed by atoms with E-state index < -0.39 is 24.2 Å². The lowest BCUT2D eigenvalue weighted by atomic mass is 9.75. The van der Waals surface area contributed by atoms with Crippen LogP contribution < -0.4 is 0 Å². The lowest BCUT2D eigenvalue weighted by molar-refractivity contribution is -0.186. The fourth-order valence-electron chi connectivity index (χ4n) is 5.48. The number of alkyl halides is 3. The van der Waals surface area contributed by atoms with Crippen molar-refractivity contribution in [3.05, 3.63) is 27.8 Å². The van der Waals surface area contributed by atoms with Gasteiger partial charge in [0.15, 0.2) is 6.10 Å². The summed E-state index contributed by atoms with van der Waals surface area (Å²) in [7, 11) is 0. The van der Waals surface area contributed by atoms with Gasteiger partial charge in [0.05, 0.1) is 0 Å². The van der Waals surface area contributed by atoms with Crippen LogP contribution in [0.15, 0.2) is 0 Å². The number of amides is 1. The lowest BCUT2D eigenvalue weighted by Crippen LogP contribution is -2.44. The number of fused-ring (bicyclic) bond motifs is 1. The third-order valence-electron chi connectivity index (χ3n) is 7.52. The number of phenolic OH excluding ortho intramolecular Hbond substituents is 1. The van der Waals surface area contributed by atoms with Crippen molar-refractivity contribution >= 4 is 11.9 Å². The van der Waals surface area contributed by atoms with Gasteiger partial charge < -0.3 is 19.8 Å². The standard InChI is InChI=1S/C25H34F3NO5/c1-12(2)16-7-6-13(3)10-19(16)34-23(32)22(31)20-14(4)17-8-9-29(24(33)25(26,27)28)11-18(17)15(5)21(20)30/h12-13,16,19,22,30-31H,6-11H2,1-5H3/t13-,16+,19-,22+/m1/s1. The highest BCUT2D eigenvalue weighted by Gasteiger charge is 2.44. The van der Waals surface area contributed by atoms with Crippen LogP contribution in [0.2, 0.25) is 0 Å². The van der Waals surface area contributed by atoms with Gasteiger partial charge >= 0.3 is 18.1 Å². The summed E-state index contributed by atoms with van der Waals surface area (Å²) < 4.78 is 44.4. The zero-order valence-electron chi connectivity index (χ0n) is 20.3. The lowest BCUT2D eigenvalue weighted by Gasteiger charge is -2.37. The molecule has 1 amide bonds. The summed E-state index contributed by atoms with van der Waals surface area (Å²) >= 11 is 0. The molecule has 9 heteroatoms. The van der Waals surface area contributed by atoms with Crippen LogP contribution >= 0.6 is 0 Å². The molecule has 190 valence electrons. The SMILES string of the molecule is Cc1c(O)c([C@H](O)C(=O)O[C@@H]2C[C@H](C)CC[C@H]2C(C)C)c(C)c2c1CN(C(=O)C(F)(F)F)CC2. The number of nitrogens with zero attached hydrogens (tertiary/aromatic N) is 1. The molecule has 1 aliphatic heterocycles. The van der Waals surface area contributed by atoms with E-state index in [2.05, 4.69) is 20.8 Å². The number of carbonyl (C=O) groups excluding carboxylic acids is 2. The van der Waals surface area contributed by atoms with E-state index in [0.717, 1.165) is 12.8 Å². The first kappa shape index (κ1) is 26.3. The number of ether oxygens (including phenoxy) is 1. The molecule has 3 rings (SSSR count). The number of esters is 1. The number of hydrogen-bond donors (Lipinski definition) is 2. The Morgan fingerprint density at radius 1 is 1.12 bits per heavy atom. The highest BCUT2D eigenvalue weighted by Crippen LogP contribution is 2.41. The Labute approximate surface area is 198 Å². The Morgan fingerprint density at radius 2 is 1.76 bits per heavy atom. The van der Waals surface area contributed by atoms with Gasteiger partial charge in [-0.25, -0.2) is 4.79 Å². The highest BCUT2D eigenvalue weighted by atomic mass is 19.4. The molecule has 1 aromatic carbocycles. The van der Waals surface area contributed by atoms with Gasteiger partial charge in [0.25, 0.3) is 0 Å². The average molecular weight is 486 g/mol. The first-order valence-electron chi connectivity index (χ1n) is 11.8. The second-order valence-electron chi connectivity index (χ2n) is 10.1. The summed E-state index contributed by atoms with van der Waals surface area (Å²) in [4.78, 5) is 25.4.